The number of imidazole rings is 1. The molecule has 1 unspecified atom stereocenters. The number of aryl methyl sites for hydroxylation is 2. The zero-order chi connectivity index (χ0) is 17.1. The number of fused-ring (bicyclic) bond motifs is 1. The molecule has 4 heteroatoms. The van der Waals surface area contributed by atoms with E-state index in [-0.39, 0.29) is 5.92 Å². The molecule has 1 aliphatic heterocycles. The van der Waals surface area contributed by atoms with Gasteiger partial charge in [-0.25, -0.2) is 4.98 Å². The molecule has 1 fully saturated rings. The number of likely N-dealkylation sites (tertiary alicyclic amines) is 1. The summed E-state index contributed by atoms with van der Waals surface area (Å²) in [5.74, 6) is 1.32. The molecule has 1 saturated heterocycles. The third-order valence-corrected chi connectivity index (χ3v) is 5.98. The molecule has 1 atom stereocenters. The van der Waals surface area contributed by atoms with Gasteiger partial charge in [0.1, 0.15) is 0 Å². The van der Waals surface area contributed by atoms with Crippen LogP contribution in [0.3, 0.4) is 0 Å². The maximum Gasteiger partial charge on any atom is 0.226 e. The Morgan fingerprint density at radius 1 is 1.12 bits per heavy atom. The predicted octanol–water partition coefficient (Wildman–Crippen LogP) is 3.32. The lowest BCUT2D eigenvalue weighted by molar-refractivity contribution is -0.137. The fourth-order valence-corrected chi connectivity index (χ4v) is 4.36. The van der Waals surface area contributed by atoms with Gasteiger partial charge >= 0.3 is 0 Å². The van der Waals surface area contributed by atoms with Gasteiger partial charge in [0.25, 0.3) is 0 Å². The number of carbonyl (C=O) groups excluding carboxylic acids is 1. The van der Waals surface area contributed by atoms with E-state index in [0.29, 0.717) is 5.91 Å². The van der Waals surface area contributed by atoms with Crippen molar-refractivity contribution in [3.05, 3.63) is 54.1 Å². The molecule has 1 aromatic heterocycles. The van der Waals surface area contributed by atoms with Crippen molar-refractivity contribution < 1.29 is 4.79 Å². The topological polar surface area (TPSA) is 38.1 Å². The van der Waals surface area contributed by atoms with Crippen LogP contribution < -0.4 is 0 Å². The second-order valence-electron chi connectivity index (χ2n) is 7.57. The van der Waals surface area contributed by atoms with Crippen molar-refractivity contribution >= 4 is 5.91 Å². The number of nitrogens with zero attached hydrogens (tertiary/aromatic N) is 3. The molecule has 4 rings (SSSR count). The maximum absolute atomic E-state index is 12.9. The van der Waals surface area contributed by atoms with Gasteiger partial charge in [-0.2, -0.15) is 0 Å². The molecule has 1 aliphatic carbocycles. The van der Waals surface area contributed by atoms with Crippen molar-refractivity contribution in [1.82, 2.24) is 14.5 Å². The molecule has 0 N–H and O–H groups in total. The summed E-state index contributed by atoms with van der Waals surface area (Å²) in [5, 5.41) is 0. The summed E-state index contributed by atoms with van der Waals surface area (Å²) in [5.41, 5.74) is 2.81. The van der Waals surface area contributed by atoms with Gasteiger partial charge in [0.15, 0.2) is 0 Å². The third kappa shape index (κ3) is 3.78. The molecule has 2 heterocycles. The van der Waals surface area contributed by atoms with Crippen LogP contribution in [-0.4, -0.2) is 33.4 Å². The van der Waals surface area contributed by atoms with Gasteiger partial charge < -0.3 is 9.47 Å². The molecule has 0 bridgehead atoms. The minimum Gasteiger partial charge on any atom is -0.342 e. The second kappa shape index (κ2) is 7.42. The van der Waals surface area contributed by atoms with Crippen molar-refractivity contribution in [3.63, 3.8) is 0 Å². The summed E-state index contributed by atoms with van der Waals surface area (Å²) < 4.78 is 2.15. The Morgan fingerprint density at radius 3 is 2.68 bits per heavy atom. The monoisotopic (exact) mass is 337 g/mol. The molecule has 0 spiro atoms. The first kappa shape index (κ1) is 16.4. The average Bonchev–Trinajstić information content (AvgIpc) is 3.19. The van der Waals surface area contributed by atoms with E-state index >= 15 is 0 Å². The largest absolute Gasteiger partial charge is 0.342 e. The van der Waals surface area contributed by atoms with Gasteiger partial charge in [-0.1, -0.05) is 24.3 Å². The van der Waals surface area contributed by atoms with Gasteiger partial charge in [-0.15, -0.1) is 0 Å². The standard InChI is InChI=1S/C21H27N3O/c25-21(20-6-5-18-3-1-2-4-19(18)15-20)24-12-8-17(9-13-24)7-11-23-14-10-22-16-23/h1-4,10,14,16-17,20H,5-9,11-13,15H2. The highest BCUT2D eigenvalue weighted by Gasteiger charge is 2.30. The summed E-state index contributed by atoms with van der Waals surface area (Å²) in [4.78, 5) is 19.2. The number of rotatable bonds is 4. The normalized spacial score (nSPS) is 21.1. The molecule has 1 aromatic carbocycles. The summed E-state index contributed by atoms with van der Waals surface area (Å²) in [6.07, 6.45) is 12.2. The first-order valence-corrected chi connectivity index (χ1v) is 9.61. The van der Waals surface area contributed by atoms with Crippen LogP contribution in [0, 0.1) is 11.8 Å². The Labute approximate surface area is 149 Å². The number of hydrogen-bond donors (Lipinski definition) is 0. The summed E-state index contributed by atoms with van der Waals surface area (Å²) >= 11 is 0. The van der Waals surface area contributed by atoms with Crippen LogP contribution in [0.5, 0.6) is 0 Å². The van der Waals surface area contributed by atoms with Gasteiger partial charge in [0, 0.05) is 37.9 Å². The number of aromatic nitrogens is 2. The SMILES string of the molecule is O=C(C1CCc2ccccc2C1)N1CCC(CCn2ccnc2)CC1. The molecule has 1 amide bonds. The molecule has 4 nitrogen and oxygen atoms in total. The molecule has 2 aliphatic rings. The maximum atomic E-state index is 12.9. The Morgan fingerprint density at radius 2 is 1.92 bits per heavy atom. The molecule has 0 radical (unpaired) electrons. The van der Waals surface area contributed by atoms with E-state index in [9.17, 15) is 4.79 Å². The molecule has 2 aromatic rings. The van der Waals surface area contributed by atoms with Crippen molar-refractivity contribution in [2.24, 2.45) is 11.8 Å². The van der Waals surface area contributed by atoms with Crippen molar-refractivity contribution in [1.29, 1.82) is 0 Å². The number of piperidine rings is 1. The van der Waals surface area contributed by atoms with Gasteiger partial charge in [0.2, 0.25) is 5.91 Å². The lowest BCUT2D eigenvalue weighted by Gasteiger charge is -2.35. The highest BCUT2D eigenvalue weighted by molar-refractivity contribution is 5.79. The first-order chi connectivity index (χ1) is 12.3. The minimum atomic E-state index is 0.192. The van der Waals surface area contributed by atoms with Crippen molar-refractivity contribution in [2.75, 3.05) is 13.1 Å². The molecular weight excluding hydrogens is 310 g/mol. The number of hydrogen-bond acceptors (Lipinski definition) is 2. The van der Waals surface area contributed by atoms with Crippen molar-refractivity contribution in [3.8, 4) is 0 Å². The molecule has 132 valence electrons. The summed E-state index contributed by atoms with van der Waals surface area (Å²) in [6.45, 7) is 2.91. The fourth-order valence-electron chi connectivity index (χ4n) is 4.36. The van der Waals surface area contributed by atoms with E-state index < -0.39 is 0 Å². The van der Waals surface area contributed by atoms with Crippen LogP contribution in [0.15, 0.2) is 43.0 Å². The van der Waals surface area contributed by atoms with E-state index in [1.165, 1.54) is 17.5 Å². The number of amides is 1. The van der Waals surface area contributed by atoms with Gasteiger partial charge in [-0.3, -0.25) is 4.79 Å². The highest BCUT2D eigenvalue weighted by Crippen LogP contribution is 2.29. The van der Waals surface area contributed by atoms with E-state index in [1.807, 2.05) is 18.7 Å². The number of benzene rings is 1. The van der Waals surface area contributed by atoms with Crippen LogP contribution in [0.1, 0.15) is 36.8 Å². The molecular formula is C21H27N3O. The fraction of sp³-hybridized carbons (Fsp3) is 0.524. The Bertz CT molecular complexity index is 702. The lowest BCUT2D eigenvalue weighted by Crippen LogP contribution is -2.43. The molecule has 25 heavy (non-hydrogen) atoms. The average molecular weight is 337 g/mol. The van der Waals surface area contributed by atoms with Crippen LogP contribution in [-0.2, 0) is 24.2 Å². The van der Waals surface area contributed by atoms with E-state index in [0.717, 1.165) is 57.7 Å². The predicted molar refractivity (Wildman–Crippen MR) is 98.1 cm³/mol. The quantitative estimate of drug-likeness (QED) is 0.858. The second-order valence-corrected chi connectivity index (χ2v) is 7.57. The Kier molecular flexibility index (Phi) is 4.86. The van der Waals surface area contributed by atoms with Gasteiger partial charge in [0.05, 0.1) is 6.33 Å². The summed E-state index contributed by atoms with van der Waals surface area (Å²) in [6, 6.07) is 8.60. The number of carbonyl (C=O) groups is 1. The third-order valence-electron chi connectivity index (χ3n) is 5.98. The van der Waals surface area contributed by atoms with Gasteiger partial charge in [-0.05, 0) is 55.6 Å². The Hall–Kier alpha value is -2.10. The van der Waals surface area contributed by atoms with E-state index in [2.05, 4.69) is 38.7 Å². The zero-order valence-electron chi connectivity index (χ0n) is 14.8. The van der Waals surface area contributed by atoms with Crippen LogP contribution in [0.25, 0.3) is 0 Å². The highest BCUT2D eigenvalue weighted by atomic mass is 16.2. The van der Waals surface area contributed by atoms with Crippen LogP contribution >= 0.6 is 0 Å². The lowest BCUT2D eigenvalue weighted by atomic mass is 9.82. The summed E-state index contributed by atoms with van der Waals surface area (Å²) in [7, 11) is 0. The smallest absolute Gasteiger partial charge is 0.226 e. The van der Waals surface area contributed by atoms with Crippen LogP contribution in [0.4, 0.5) is 0 Å². The first-order valence-electron chi connectivity index (χ1n) is 9.61. The molecule has 0 saturated carbocycles. The van der Waals surface area contributed by atoms with E-state index in [1.54, 1.807) is 0 Å². The van der Waals surface area contributed by atoms with Crippen molar-refractivity contribution in [2.45, 2.75) is 45.1 Å². The minimum absolute atomic E-state index is 0.192. The van der Waals surface area contributed by atoms with Crippen LogP contribution in [0.2, 0.25) is 0 Å². The zero-order valence-corrected chi connectivity index (χ0v) is 14.8. The van der Waals surface area contributed by atoms with E-state index in [4.69, 9.17) is 0 Å². The Balaban J connectivity index is 1.27.